The van der Waals surface area contributed by atoms with Crippen LogP contribution in [0, 0.1) is 5.92 Å². The van der Waals surface area contributed by atoms with E-state index in [0.29, 0.717) is 43.4 Å². The third-order valence-electron chi connectivity index (χ3n) is 5.29. The van der Waals surface area contributed by atoms with Crippen LogP contribution < -0.4 is 11.1 Å². The Morgan fingerprint density at radius 3 is 2.71 bits per heavy atom. The Bertz CT molecular complexity index is 938. The molecule has 1 aromatic rings. The Labute approximate surface area is 205 Å². The molecular formula is C24H37N5O4S. The first-order chi connectivity index (χ1) is 16.1. The molecule has 1 saturated heterocycles. The second-order valence-electron chi connectivity index (χ2n) is 9.68. The van der Waals surface area contributed by atoms with Crippen molar-refractivity contribution in [3.05, 3.63) is 21.4 Å². The smallest absolute Gasteiger partial charge is 0.407 e. The van der Waals surface area contributed by atoms with Crippen molar-refractivity contribution in [1.29, 1.82) is 0 Å². The number of nitrogens with one attached hydrogen (secondary N) is 1. The van der Waals surface area contributed by atoms with Crippen molar-refractivity contribution in [3.8, 4) is 0 Å². The number of carbonyl (C=O) groups is 2. The molecule has 10 heteroatoms. The van der Waals surface area contributed by atoms with Crippen LogP contribution in [0.3, 0.4) is 0 Å². The second-order valence-corrected chi connectivity index (χ2v) is 10.8. The van der Waals surface area contributed by atoms with Crippen LogP contribution in [0.25, 0.3) is 6.08 Å². The molecule has 0 aliphatic carbocycles. The van der Waals surface area contributed by atoms with Crippen LogP contribution in [0.4, 0.5) is 10.5 Å². The highest BCUT2D eigenvalue weighted by atomic mass is 32.1. The monoisotopic (exact) mass is 491 g/mol. The zero-order chi connectivity index (χ0) is 24.9. The quantitative estimate of drug-likeness (QED) is 0.510. The van der Waals surface area contributed by atoms with E-state index in [1.807, 2.05) is 40.7 Å². The molecule has 9 nitrogen and oxygen atoms in total. The van der Waals surface area contributed by atoms with E-state index in [4.69, 9.17) is 15.3 Å². The normalized spacial score (nSPS) is 16.6. The lowest BCUT2D eigenvalue weighted by molar-refractivity contribution is -0.180. The summed E-state index contributed by atoms with van der Waals surface area (Å²) in [6, 6.07) is 2.05. The third kappa shape index (κ3) is 7.28. The minimum absolute atomic E-state index is 0.160. The zero-order valence-corrected chi connectivity index (χ0v) is 21.7. The summed E-state index contributed by atoms with van der Waals surface area (Å²) in [5.41, 5.74) is 7.04. The number of carbonyl (C=O) groups excluding carboxylic acids is 2. The molecule has 0 unspecified atom stereocenters. The van der Waals surface area contributed by atoms with Gasteiger partial charge in [-0.15, -0.1) is 11.3 Å². The van der Waals surface area contributed by atoms with Crippen LogP contribution in [-0.4, -0.2) is 66.2 Å². The highest BCUT2D eigenvalue weighted by Crippen LogP contribution is 2.36. The van der Waals surface area contributed by atoms with Gasteiger partial charge < -0.3 is 15.8 Å². The molecule has 0 spiro atoms. The number of amides is 2. The van der Waals surface area contributed by atoms with E-state index in [9.17, 15) is 9.59 Å². The largest absolute Gasteiger partial charge is 0.444 e. The molecule has 3 rings (SSSR count). The number of fused-ring (bicyclic) bond motifs is 1. The lowest BCUT2D eigenvalue weighted by Crippen LogP contribution is -2.51. The summed E-state index contributed by atoms with van der Waals surface area (Å²) in [5.74, 6) is 0.673. The van der Waals surface area contributed by atoms with Gasteiger partial charge in [-0.3, -0.25) is 14.5 Å². The summed E-state index contributed by atoms with van der Waals surface area (Å²) in [5, 5.41) is 4.27. The first-order valence-electron chi connectivity index (χ1n) is 11.9. The fourth-order valence-corrected chi connectivity index (χ4v) is 5.00. The fourth-order valence-electron chi connectivity index (χ4n) is 3.89. The predicted molar refractivity (Wildman–Crippen MR) is 135 cm³/mol. The summed E-state index contributed by atoms with van der Waals surface area (Å²) in [7, 11) is 0. The maximum Gasteiger partial charge on any atom is 0.407 e. The Hall–Kier alpha value is -2.43. The van der Waals surface area contributed by atoms with E-state index in [0.717, 1.165) is 36.6 Å². The first kappa shape index (κ1) is 26.2. The number of hydrogen-bond donors (Lipinski definition) is 2. The Morgan fingerprint density at radius 1 is 1.32 bits per heavy atom. The van der Waals surface area contributed by atoms with Gasteiger partial charge in [-0.25, -0.2) is 14.9 Å². The van der Waals surface area contributed by atoms with Crippen molar-refractivity contribution < 1.29 is 19.2 Å². The van der Waals surface area contributed by atoms with Crippen molar-refractivity contribution in [2.75, 3.05) is 32.8 Å². The fraction of sp³-hybridized carbons (Fsp3) is 0.625. The number of rotatable bonds is 9. The number of nitrogens with two attached hydrogens (primary N) is 1. The van der Waals surface area contributed by atoms with Crippen LogP contribution in [-0.2, 0) is 20.9 Å². The highest BCUT2D eigenvalue weighted by molar-refractivity contribution is 7.13. The lowest BCUT2D eigenvalue weighted by atomic mass is 10.0. The molecular weight excluding hydrogens is 454 g/mol. The summed E-state index contributed by atoms with van der Waals surface area (Å²) in [6.45, 7) is 13.6. The summed E-state index contributed by atoms with van der Waals surface area (Å²) >= 11 is 1.63. The van der Waals surface area contributed by atoms with Crippen LogP contribution in [0.5, 0.6) is 0 Å². The molecule has 0 radical (unpaired) electrons. The molecule has 2 aliphatic heterocycles. The van der Waals surface area contributed by atoms with Crippen LogP contribution in [0.15, 0.2) is 16.6 Å². The van der Waals surface area contributed by atoms with Crippen molar-refractivity contribution in [1.82, 2.24) is 15.3 Å². The topological polar surface area (TPSA) is 109 Å². The zero-order valence-electron chi connectivity index (χ0n) is 20.8. The number of amidine groups is 1. The van der Waals surface area contributed by atoms with Gasteiger partial charge in [-0.05, 0) is 46.3 Å². The minimum Gasteiger partial charge on any atom is -0.444 e. The summed E-state index contributed by atoms with van der Waals surface area (Å²) in [6.07, 6.45) is 2.64. The maximum atomic E-state index is 13.0. The summed E-state index contributed by atoms with van der Waals surface area (Å²) in [4.78, 5) is 39.4. The molecule has 1 aromatic heterocycles. The molecule has 0 atom stereocenters. The molecule has 0 aromatic carbocycles. The average molecular weight is 492 g/mol. The molecule has 1 fully saturated rings. The lowest BCUT2D eigenvalue weighted by Gasteiger charge is -2.39. The Morgan fingerprint density at radius 2 is 2.06 bits per heavy atom. The predicted octanol–water partition coefficient (Wildman–Crippen LogP) is 3.67. The van der Waals surface area contributed by atoms with E-state index in [1.165, 1.54) is 9.94 Å². The molecule has 188 valence electrons. The molecule has 0 bridgehead atoms. The van der Waals surface area contributed by atoms with Crippen LogP contribution in [0.2, 0.25) is 0 Å². The first-order valence-corrected chi connectivity index (χ1v) is 12.7. The number of aliphatic imine (C=N–C) groups is 1. The van der Waals surface area contributed by atoms with Gasteiger partial charge in [-0.2, -0.15) is 0 Å². The standard InChI is InChI=1S/C24H37N5O4S/c1-6-8-29(32-7-2)22(30)17-9-20-19(27-21(25)10-17)11-18(34-20)15-28-13-16(14-28)12-26-23(31)33-24(3,4)5/h9,11,16H,6-8,10,12-15H2,1-5H3,(H2,25,27)(H,26,31). The second kappa shape index (κ2) is 11.3. The Kier molecular flexibility index (Phi) is 8.72. The summed E-state index contributed by atoms with van der Waals surface area (Å²) < 4.78 is 5.29. The van der Waals surface area contributed by atoms with Gasteiger partial charge in [0, 0.05) is 55.5 Å². The van der Waals surface area contributed by atoms with Gasteiger partial charge in [-0.1, -0.05) is 6.92 Å². The maximum absolute atomic E-state index is 13.0. The SMILES string of the molecule is CCCN(OCC)C(=O)C1=Cc2sc(CN3CC(CNC(=O)OC(C)(C)C)C3)cc2N=C(N)C1. The van der Waals surface area contributed by atoms with Gasteiger partial charge in [0.1, 0.15) is 11.4 Å². The van der Waals surface area contributed by atoms with Crippen LogP contribution >= 0.6 is 11.3 Å². The van der Waals surface area contributed by atoms with E-state index in [-0.39, 0.29) is 12.0 Å². The number of hydroxylamine groups is 2. The molecule has 34 heavy (non-hydrogen) atoms. The van der Waals surface area contributed by atoms with Gasteiger partial charge in [0.15, 0.2) is 0 Å². The third-order valence-corrected chi connectivity index (χ3v) is 6.35. The average Bonchev–Trinajstić information content (AvgIpc) is 3.00. The molecule has 3 N–H and O–H groups in total. The Balaban J connectivity index is 1.58. The van der Waals surface area contributed by atoms with Gasteiger partial charge >= 0.3 is 6.09 Å². The number of nitrogens with zero attached hydrogens (tertiary/aromatic N) is 3. The van der Waals surface area contributed by atoms with Gasteiger partial charge in [0.2, 0.25) is 0 Å². The number of alkyl carbamates (subject to hydrolysis) is 1. The van der Waals surface area contributed by atoms with E-state index >= 15 is 0 Å². The van der Waals surface area contributed by atoms with E-state index < -0.39 is 5.60 Å². The van der Waals surface area contributed by atoms with Gasteiger partial charge in [0.25, 0.3) is 5.91 Å². The van der Waals surface area contributed by atoms with Crippen LogP contribution in [0.1, 0.15) is 57.2 Å². The number of hydrogen-bond acceptors (Lipinski definition) is 8. The highest BCUT2D eigenvalue weighted by Gasteiger charge is 2.29. The molecule has 2 amide bonds. The van der Waals surface area contributed by atoms with Gasteiger partial charge in [0.05, 0.1) is 17.2 Å². The van der Waals surface area contributed by atoms with E-state index in [1.54, 1.807) is 11.3 Å². The number of ether oxygens (including phenoxy) is 1. The number of likely N-dealkylation sites (tertiary alicyclic amines) is 1. The molecule has 0 saturated carbocycles. The number of thiophene rings is 1. The molecule has 2 aliphatic rings. The van der Waals surface area contributed by atoms with Crippen molar-refractivity contribution in [2.45, 2.75) is 59.6 Å². The van der Waals surface area contributed by atoms with Crippen molar-refractivity contribution in [2.24, 2.45) is 16.6 Å². The van der Waals surface area contributed by atoms with Crippen molar-refractivity contribution >= 4 is 40.9 Å². The minimum atomic E-state index is -0.491. The van der Waals surface area contributed by atoms with Crippen molar-refractivity contribution in [3.63, 3.8) is 0 Å². The van der Waals surface area contributed by atoms with E-state index in [2.05, 4.69) is 21.3 Å². The molecule has 3 heterocycles.